The lowest BCUT2D eigenvalue weighted by molar-refractivity contribution is -0.506. The number of nitrogens with zero attached hydrogens (tertiary/aromatic N) is 1. The Bertz CT molecular complexity index is 571. The van der Waals surface area contributed by atoms with Crippen molar-refractivity contribution in [2.24, 2.45) is 23.2 Å². The smallest absolute Gasteiger partial charge is 0.307 e. The summed E-state index contributed by atoms with van der Waals surface area (Å²) < 4.78 is 5.45. The van der Waals surface area contributed by atoms with Gasteiger partial charge in [-0.3, -0.25) is 14.9 Å². The lowest BCUT2D eigenvalue weighted by Crippen LogP contribution is -2.51. The molecule has 0 bridgehead atoms. The van der Waals surface area contributed by atoms with Gasteiger partial charge in [0.2, 0.25) is 6.54 Å². The minimum absolute atomic E-state index is 0.124. The number of carbonyl (C=O) groups excluding carboxylic acids is 1. The van der Waals surface area contributed by atoms with Gasteiger partial charge in [0.25, 0.3) is 0 Å². The lowest BCUT2D eigenvalue weighted by atomic mass is 9.53. The standard InChI is InChI=1S/C20H31NO4/c1-19(2,3)25-18(22)12-20(13-21(23)24)11-16-9-15(10-17(16)20)8-14-6-4-5-7-14/h10,14,16-17H,4-9,11-13H2,1-3H3/t16-,17-,20-/m1/s1. The van der Waals surface area contributed by atoms with E-state index < -0.39 is 11.0 Å². The SMILES string of the molecule is CC(C)(C)OC(=O)C[C@@]1(C[N+](=O)[O-])C[C@H]2CC(CC3CCCC3)=C[C@H]21. The molecule has 0 radical (unpaired) electrons. The van der Waals surface area contributed by atoms with Gasteiger partial charge in [0.15, 0.2) is 0 Å². The van der Waals surface area contributed by atoms with E-state index in [9.17, 15) is 14.9 Å². The van der Waals surface area contributed by atoms with E-state index in [0.29, 0.717) is 5.92 Å². The zero-order chi connectivity index (χ0) is 18.2. The monoisotopic (exact) mass is 349 g/mol. The number of allylic oxidation sites excluding steroid dienone is 2. The van der Waals surface area contributed by atoms with Gasteiger partial charge in [-0.25, -0.2) is 0 Å². The van der Waals surface area contributed by atoms with E-state index in [0.717, 1.165) is 25.2 Å². The van der Waals surface area contributed by atoms with Crippen LogP contribution in [-0.4, -0.2) is 23.0 Å². The van der Waals surface area contributed by atoms with Gasteiger partial charge in [0.1, 0.15) is 5.60 Å². The first kappa shape index (κ1) is 18.4. The van der Waals surface area contributed by atoms with Crippen molar-refractivity contribution in [3.8, 4) is 0 Å². The third-order valence-electron chi connectivity index (χ3n) is 6.21. The van der Waals surface area contributed by atoms with Crippen LogP contribution >= 0.6 is 0 Å². The number of hydrogen-bond donors (Lipinski definition) is 0. The van der Waals surface area contributed by atoms with Crippen LogP contribution in [-0.2, 0) is 9.53 Å². The van der Waals surface area contributed by atoms with Crippen LogP contribution in [0.1, 0.15) is 72.1 Å². The zero-order valence-electron chi connectivity index (χ0n) is 15.8. The van der Waals surface area contributed by atoms with Crippen molar-refractivity contribution in [3.05, 3.63) is 21.8 Å². The van der Waals surface area contributed by atoms with E-state index in [1.165, 1.54) is 31.3 Å². The fraction of sp³-hybridized carbons (Fsp3) is 0.850. The molecule has 3 aliphatic rings. The number of fused-ring (bicyclic) bond motifs is 1. The van der Waals surface area contributed by atoms with Crippen molar-refractivity contribution >= 4 is 5.97 Å². The fourth-order valence-electron chi connectivity index (χ4n) is 5.37. The second-order valence-electron chi connectivity index (χ2n) is 9.49. The van der Waals surface area contributed by atoms with Crippen molar-refractivity contribution in [2.45, 2.75) is 77.7 Å². The highest BCUT2D eigenvalue weighted by Gasteiger charge is 2.59. The van der Waals surface area contributed by atoms with E-state index in [-0.39, 0.29) is 29.8 Å². The molecule has 3 atom stereocenters. The Morgan fingerprint density at radius 3 is 2.64 bits per heavy atom. The third-order valence-corrected chi connectivity index (χ3v) is 6.21. The summed E-state index contributed by atoms with van der Waals surface area (Å²) in [6, 6.07) is 0. The second kappa shape index (κ2) is 6.73. The molecule has 0 amide bonds. The lowest BCUT2D eigenvalue weighted by Gasteiger charge is -2.49. The van der Waals surface area contributed by atoms with E-state index in [2.05, 4.69) is 6.08 Å². The van der Waals surface area contributed by atoms with Gasteiger partial charge in [0.05, 0.1) is 11.8 Å². The zero-order valence-corrected chi connectivity index (χ0v) is 15.8. The van der Waals surface area contributed by atoms with E-state index in [1.54, 1.807) is 0 Å². The van der Waals surface area contributed by atoms with Crippen LogP contribution in [0.2, 0.25) is 0 Å². The van der Waals surface area contributed by atoms with Crippen molar-refractivity contribution in [1.82, 2.24) is 0 Å². The molecule has 0 heterocycles. The molecule has 2 fully saturated rings. The topological polar surface area (TPSA) is 69.4 Å². The van der Waals surface area contributed by atoms with E-state index in [4.69, 9.17) is 4.74 Å². The average Bonchev–Trinajstić information content (AvgIpc) is 3.04. The number of ether oxygens (including phenoxy) is 1. The van der Waals surface area contributed by atoms with Crippen molar-refractivity contribution in [1.29, 1.82) is 0 Å². The molecule has 0 aromatic carbocycles. The third kappa shape index (κ3) is 4.24. The Morgan fingerprint density at radius 1 is 1.36 bits per heavy atom. The highest BCUT2D eigenvalue weighted by molar-refractivity contribution is 5.71. The number of nitro groups is 1. The summed E-state index contributed by atoms with van der Waals surface area (Å²) in [5.74, 6) is 1.19. The normalized spacial score (nSPS) is 32.0. The summed E-state index contributed by atoms with van der Waals surface area (Å²) in [4.78, 5) is 23.3. The molecule has 0 aromatic rings. The molecule has 3 rings (SSSR count). The molecular formula is C20H31NO4. The van der Waals surface area contributed by atoms with Crippen molar-refractivity contribution in [2.75, 3.05) is 6.54 Å². The maximum atomic E-state index is 12.3. The summed E-state index contributed by atoms with van der Waals surface area (Å²) in [6.45, 7) is 5.39. The quantitative estimate of drug-likeness (QED) is 0.306. The largest absolute Gasteiger partial charge is 0.460 e. The Labute approximate surface area is 150 Å². The molecule has 5 heteroatoms. The van der Waals surface area contributed by atoms with Gasteiger partial charge in [-0.2, -0.15) is 0 Å². The molecule has 0 spiro atoms. The number of rotatable bonds is 6. The minimum Gasteiger partial charge on any atom is -0.460 e. The highest BCUT2D eigenvalue weighted by Crippen LogP contribution is 2.60. The van der Waals surface area contributed by atoms with Crippen LogP contribution in [0.3, 0.4) is 0 Å². The Hall–Kier alpha value is -1.39. The molecule has 0 saturated heterocycles. The summed E-state index contributed by atoms with van der Waals surface area (Å²) >= 11 is 0. The molecule has 140 valence electrons. The van der Waals surface area contributed by atoms with Gasteiger partial charge in [-0.05, 0) is 57.8 Å². The first-order valence-corrected chi connectivity index (χ1v) is 9.70. The minimum atomic E-state index is -0.546. The van der Waals surface area contributed by atoms with E-state index >= 15 is 0 Å². The number of hydrogen-bond acceptors (Lipinski definition) is 4. The van der Waals surface area contributed by atoms with Gasteiger partial charge >= 0.3 is 5.97 Å². The molecule has 0 N–H and O–H groups in total. The predicted octanol–water partition coefficient (Wildman–Crippen LogP) is 4.53. The van der Waals surface area contributed by atoms with Gasteiger partial charge in [-0.15, -0.1) is 0 Å². The Balaban J connectivity index is 1.68. The van der Waals surface area contributed by atoms with Crippen LogP contribution in [0.15, 0.2) is 11.6 Å². The van der Waals surface area contributed by atoms with Crippen LogP contribution < -0.4 is 0 Å². The summed E-state index contributed by atoms with van der Waals surface area (Å²) in [7, 11) is 0. The van der Waals surface area contributed by atoms with Crippen LogP contribution in [0.25, 0.3) is 0 Å². The molecule has 0 aromatic heterocycles. The molecule has 3 aliphatic carbocycles. The molecule has 0 aliphatic heterocycles. The predicted molar refractivity (Wildman–Crippen MR) is 95.6 cm³/mol. The van der Waals surface area contributed by atoms with Crippen molar-refractivity contribution in [3.63, 3.8) is 0 Å². The molecule has 25 heavy (non-hydrogen) atoms. The van der Waals surface area contributed by atoms with Gasteiger partial charge < -0.3 is 4.74 Å². The Kier molecular flexibility index (Phi) is 4.95. The first-order valence-electron chi connectivity index (χ1n) is 9.70. The van der Waals surface area contributed by atoms with E-state index in [1.807, 2.05) is 20.8 Å². The van der Waals surface area contributed by atoms with Gasteiger partial charge in [0, 0.05) is 4.92 Å². The highest BCUT2D eigenvalue weighted by atomic mass is 16.6. The number of carbonyl (C=O) groups is 1. The van der Waals surface area contributed by atoms with Gasteiger partial charge in [-0.1, -0.05) is 37.3 Å². The maximum absolute atomic E-state index is 12.3. The van der Waals surface area contributed by atoms with Crippen molar-refractivity contribution < 1.29 is 14.5 Å². The van der Waals surface area contributed by atoms with Crippen LogP contribution in [0, 0.1) is 33.3 Å². The molecular weight excluding hydrogens is 318 g/mol. The molecule has 5 nitrogen and oxygen atoms in total. The molecule has 0 unspecified atom stereocenters. The summed E-state index contributed by atoms with van der Waals surface area (Å²) in [6.07, 6.45) is 10.8. The first-order chi connectivity index (χ1) is 11.7. The molecule has 2 saturated carbocycles. The second-order valence-corrected chi connectivity index (χ2v) is 9.49. The summed E-state index contributed by atoms with van der Waals surface area (Å²) in [5.41, 5.74) is 0.402. The van der Waals surface area contributed by atoms with Crippen LogP contribution in [0.5, 0.6) is 0 Å². The van der Waals surface area contributed by atoms with Crippen LogP contribution in [0.4, 0.5) is 0 Å². The number of esters is 1. The fourth-order valence-corrected chi connectivity index (χ4v) is 5.37. The average molecular weight is 349 g/mol. The Morgan fingerprint density at radius 2 is 2.04 bits per heavy atom. The summed E-state index contributed by atoms with van der Waals surface area (Å²) in [5, 5.41) is 11.3. The maximum Gasteiger partial charge on any atom is 0.307 e.